The van der Waals surface area contributed by atoms with Gasteiger partial charge in [0.05, 0.1) is 15.5 Å². The van der Waals surface area contributed by atoms with Crippen molar-refractivity contribution in [2.45, 2.75) is 12.8 Å². The molecule has 0 aliphatic carbocycles. The van der Waals surface area contributed by atoms with Gasteiger partial charge in [-0.05, 0) is 17.5 Å². The molecule has 0 saturated carbocycles. The summed E-state index contributed by atoms with van der Waals surface area (Å²) in [5, 5.41) is 13.5. The first-order valence-electron chi connectivity index (χ1n) is 6.76. The number of rotatable bonds is 5. The molecule has 114 valence electrons. The number of non-ortho nitro benzene ring substituents is 1. The van der Waals surface area contributed by atoms with Crippen LogP contribution in [-0.2, 0) is 0 Å². The van der Waals surface area contributed by atoms with E-state index in [0.29, 0.717) is 6.54 Å². The molecule has 6 heteroatoms. The second kappa shape index (κ2) is 7.04. The molecule has 22 heavy (non-hydrogen) atoms. The van der Waals surface area contributed by atoms with Crippen LogP contribution in [0.15, 0.2) is 48.5 Å². The first kappa shape index (κ1) is 16.0. The molecule has 2 rings (SSSR count). The Morgan fingerprint density at radius 3 is 2.55 bits per heavy atom. The summed E-state index contributed by atoms with van der Waals surface area (Å²) < 4.78 is 0. The third kappa shape index (κ3) is 3.83. The number of hydrogen-bond acceptors (Lipinski definition) is 3. The maximum Gasteiger partial charge on any atom is 0.270 e. The van der Waals surface area contributed by atoms with Crippen LogP contribution >= 0.6 is 11.6 Å². The number of benzene rings is 2. The predicted octanol–water partition coefficient (Wildman–Crippen LogP) is 3.78. The molecule has 0 spiro atoms. The smallest absolute Gasteiger partial charge is 0.270 e. The van der Waals surface area contributed by atoms with E-state index < -0.39 is 4.92 Å². The molecule has 2 aromatic carbocycles. The molecule has 1 N–H and O–H groups in total. The molecule has 0 aromatic heterocycles. The molecule has 1 atom stereocenters. The molecular weight excluding hydrogens is 304 g/mol. The van der Waals surface area contributed by atoms with E-state index in [1.807, 2.05) is 37.3 Å². The Bertz CT molecular complexity index is 689. The Hall–Kier alpha value is -2.40. The number of amides is 1. The number of halogens is 1. The van der Waals surface area contributed by atoms with Crippen molar-refractivity contribution < 1.29 is 9.72 Å². The van der Waals surface area contributed by atoms with E-state index in [2.05, 4.69) is 5.32 Å². The van der Waals surface area contributed by atoms with E-state index in [1.54, 1.807) is 0 Å². The van der Waals surface area contributed by atoms with Gasteiger partial charge in [0, 0.05) is 18.7 Å². The SMILES string of the molecule is CC(CNC(=O)c1ccc([N+](=O)[O-])cc1Cl)c1ccccc1. The van der Waals surface area contributed by atoms with Gasteiger partial charge in [0.1, 0.15) is 0 Å². The fraction of sp³-hybridized carbons (Fsp3) is 0.188. The summed E-state index contributed by atoms with van der Waals surface area (Å²) in [6, 6.07) is 13.6. The zero-order valence-electron chi connectivity index (χ0n) is 12.0. The first-order chi connectivity index (χ1) is 10.5. The number of nitrogens with zero attached hydrogens (tertiary/aromatic N) is 1. The monoisotopic (exact) mass is 318 g/mol. The molecule has 0 bridgehead atoms. The van der Waals surface area contributed by atoms with Gasteiger partial charge in [-0.1, -0.05) is 48.9 Å². The van der Waals surface area contributed by atoms with Crippen LogP contribution in [0.5, 0.6) is 0 Å². The molecule has 0 radical (unpaired) electrons. The lowest BCUT2D eigenvalue weighted by Crippen LogP contribution is -2.27. The number of nitro benzene ring substituents is 1. The van der Waals surface area contributed by atoms with Crippen LogP contribution in [-0.4, -0.2) is 17.4 Å². The first-order valence-corrected chi connectivity index (χ1v) is 7.14. The Morgan fingerprint density at radius 1 is 1.27 bits per heavy atom. The van der Waals surface area contributed by atoms with Crippen LogP contribution in [0.2, 0.25) is 5.02 Å². The molecule has 0 fully saturated rings. The maximum atomic E-state index is 12.1. The standard InChI is InChI=1S/C16H15ClN2O3/c1-11(12-5-3-2-4-6-12)10-18-16(20)14-8-7-13(19(21)22)9-15(14)17/h2-9,11H,10H2,1H3,(H,18,20). The third-order valence-electron chi connectivity index (χ3n) is 3.35. The minimum absolute atomic E-state index is 0.0686. The number of carbonyl (C=O) groups is 1. The number of nitro groups is 1. The largest absolute Gasteiger partial charge is 0.351 e. The van der Waals surface area contributed by atoms with Gasteiger partial charge in [0.15, 0.2) is 0 Å². The van der Waals surface area contributed by atoms with E-state index in [1.165, 1.54) is 18.2 Å². The van der Waals surface area contributed by atoms with Crippen molar-refractivity contribution in [1.29, 1.82) is 0 Å². The Labute approximate surface area is 133 Å². The third-order valence-corrected chi connectivity index (χ3v) is 3.66. The van der Waals surface area contributed by atoms with Crippen LogP contribution in [0.3, 0.4) is 0 Å². The molecule has 0 saturated heterocycles. The predicted molar refractivity (Wildman–Crippen MR) is 85.3 cm³/mol. The molecule has 0 aliphatic rings. The highest BCUT2D eigenvalue weighted by Gasteiger charge is 2.15. The van der Waals surface area contributed by atoms with Crippen LogP contribution in [0, 0.1) is 10.1 Å². The van der Waals surface area contributed by atoms with Crippen molar-refractivity contribution in [1.82, 2.24) is 5.32 Å². The molecule has 1 unspecified atom stereocenters. The zero-order valence-corrected chi connectivity index (χ0v) is 12.7. The van der Waals surface area contributed by atoms with E-state index in [9.17, 15) is 14.9 Å². The lowest BCUT2D eigenvalue weighted by Gasteiger charge is -2.13. The summed E-state index contributed by atoms with van der Waals surface area (Å²) in [5.74, 6) is -0.190. The van der Waals surface area contributed by atoms with Crippen molar-refractivity contribution in [2.24, 2.45) is 0 Å². The average Bonchev–Trinajstić information content (AvgIpc) is 2.52. The van der Waals surface area contributed by atoms with Gasteiger partial charge >= 0.3 is 0 Å². The summed E-state index contributed by atoms with van der Waals surface area (Å²) >= 11 is 5.94. The second-order valence-electron chi connectivity index (χ2n) is 4.94. The van der Waals surface area contributed by atoms with Crippen LogP contribution in [0.25, 0.3) is 0 Å². The van der Waals surface area contributed by atoms with Gasteiger partial charge in [-0.3, -0.25) is 14.9 Å². The molecule has 2 aromatic rings. The summed E-state index contributed by atoms with van der Waals surface area (Å²) in [6.45, 7) is 2.46. The average molecular weight is 319 g/mol. The minimum atomic E-state index is -0.551. The van der Waals surface area contributed by atoms with E-state index >= 15 is 0 Å². The second-order valence-corrected chi connectivity index (χ2v) is 5.35. The molecule has 0 heterocycles. The van der Waals surface area contributed by atoms with Gasteiger partial charge in [-0.15, -0.1) is 0 Å². The highest BCUT2D eigenvalue weighted by molar-refractivity contribution is 6.34. The Kier molecular flexibility index (Phi) is 5.12. The fourth-order valence-corrected chi connectivity index (χ4v) is 2.30. The van der Waals surface area contributed by atoms with Crippen molar-refractivity contribution in [3.8, 4) is 0 Å². The lowest BCUT2D eigenvalue weighted by atomic mass is 10.0. The van der Waals surface area contributed by atoms with Gasteiger partial charge in [-0.2, -0.15) is 0 Å². The molecular formula is C16H15ClN2O3. The van der Waals surface area contributed by atoms with Crippen LogP contribution in [0.4, 0.5) is 5.69 Å². The van der Waals surface area contributed by atoms with Crippen LogP contribution < -0.4 is 5.32 Å². The summed E-state index contributed by atoms with van der Waals surface area (Å²) in [5.41, 5.74) is 1.21. The van der Waals surface area contributed by atoms with Crippen molar-refractivity contribution >= 4 is 23.2 Å². The normalized spacial score (nSPS) is 11.7. The van der Waals surface area contributed by atoms with Crippen molar-refractivity contribution in [3.63, 3.8) is 0 Å². The van der Waals surface area contributed by atoms with Gasteiger partial charge in [0.25, 0.3) is 11.6 Å². The lowest BCUT2D eigenvalue weighted by molar-refractivity contribution is -0.384. The Morgan fingerprint density at radius 2 is 1.95 bits per heavy atom. The Balaban J connectivity index is 2.02. The van der Waals surface area contributed by atoms with Crippen molar-refractivity contribution in [3.05, 3.63) is 74.8 Å². The minimum Gasteiger partial charge on any atom is -0.351 e. The van der Waals surface area contributed by atoms with Gasteiger partial charge in [0.2, 0.25) is 0 Å². The topological polar surface area (TPSA) is 72.2 Å². The fourth-order valence-electron chi connectivity index (χ4n) is 2.04. The van der Waals surface area contributed by atoms with Gasteiger partial charge < -0.3 is 5.32 Å². The van der Waals surface area contributed by atoms with E-state index in [-0.39, 0.29) is 28.1 Å². The zero-order chi connectivity index (χ0) is 16.1. The van der Waals surface area contributed by atoms with Crippen molar-refractivity contribution in [2.75, 3.05) is 6.54 Å². The number of nitrogens with one attached hydrogen (secondary N) is 1. The number of hydrogen-bond donors (Lipinski definition) is 1. The van der Waals surface area contributed by atoms with Gasteiger partial charge in [-0.25, -0.2) is 0 Å². The summed E-state index contributed by atoms with van der Waals surface area (Å²) in [6.07, 6.45) is 0. The molecule has 1 amide bonds. The van der Waals surface area contributed by atoms with E-state index in [4.69, 9.17) is 11.6 Å². The maximum absolute atomic E-state index is 12.1. The summed E-state index contributed by atoms with van der Waals surface area (Å²) in [4.78, 5) is 22.2. The highest BCUT2D eigenvalue weighted by atomic mass is 35.5. The quantitative estimate of drug-likeness (QED) is 0.673. The highest BCUT2D eigenvalue weighted by Crippen LogP contribution is 2.22. The van der Waals surface area contributed by atoms with Crippen LogP contribution in [0.1, 0.15) is 28.8 Å². The number of carbonyl (C=O) groups excluding carboxylic acids is 1. The molecule has 0 aliphatic heterocycles. The summed E-state index contributed by atoms with van der Waals surface area (Å²) in [7, 11) is 0. The molecule has 5 nitrogen and oxygen atoms in total. The van der Waals surface area contributed by atoms with E-state index in [0.717, 1.165) is 5.56 Å².